The fourth-order valence-corrected chi connectivity index (χ4v) is 2.09. The van der Waals surface area contributed by atoms with Gasteiger partial charge in [0.25, 0.3) is 0 Å². The minimum absolute atomic E-state index is 0.324. The Balaban J connectivity index is 0. The second kappa shape index (κ2) is 23.0. The van der Waals surface area contributed by atoms with Crippen molar-refractivity contribution in [3.05, 3.63) is 37.0 Å². The third-order valence-electron chi connectivity index (χ3n) is 3.34. The second-order valence-corrected chi connectivity index (χ2v) is 5.78. The largest absolute Gasteiger partial charge is 0.481 e. The van der Waals surface area contributed by atoms with Gasteiger partial charge in [-0.2, -0.15) is 0 Å². The van der Waals surface area contributed by atoms with Crippen molar-refractivity contribution in [1.29, 1.82) is 0 Å². The van der Waals surface area contributed by atoms with Crippen molar-refractivity contribution in [3.8, 4) is 0 Å². The van der Waals surface area contributed by atoms with E-state index in [0.29, 0.717) is 6.42 Å². The molecular weight excluding hydrogens is 284 g/mol. The molecule has 0 amide bonds. The number of hydrogen-bond acceptors (Lipinski definition) is 1. The number of unbranched alkanes of at least 4 members (excludes halogenated alkanes) is 8. The molecule has 134 valence electrons. The van der Waals surface area contributed by atoms with Gasteiger partial charge in [-0.1, -0.05) is 69.4 Å². The minimum Gasteiger partial charge on any atom is -0.481 e. The van der Waals surface area contributed by atoms with Crippen LogP contribution in [0, 0.1) is 0 Å². The van der Waals surface area contributed by atoms with Crippen LogP contribution in [0.25, 0.3) is 0 Å². The lowest BCUT2D eigenvalue weighted by Gasteiger charge is -1.98. The van der Waals surface area contributed by atoms with Crippen LogP contribution < -0.4 is 0 Å². The summed E-state index contributed by atoms with van der Waals surface area (Å²) in [6.45, 7) is 7.48. The van der Waals surface area contributed by atoms with Crippen molar-refractivity contribution in [2.45, 2.75) is 90.9 Å². The van der Waals surface area contributed by atoms with E-state index in [1.54, 1.807) is 6.08 Å². The third-order valence-corrected chi connectivity index (χ3v) is 3.34. The summed E-state index contributed by atoms with van der Waals surface area (Å²) >= 11 is 0. The predicted molar refractivity (Wildman–Crippen MR) is 103 cm³/mol. The Labute approximate surface area is 144 Å². The van der Waals surface area contributed by atoms with Gasteiger partial charge in [-0.15, -0.1) is 6.58 Å². The molecule has 0 spiro atoms. The summed E-state index contributed by atoms with van der Waals surface area (Å²) in [5.41, 5.74) is 0. The molecule has 0 aliphatic carbocycles. The molecule has 0 aliphatic heterocycles. The summed E-state index contributed by atoms with van der Waals surface area (Å²) in [5.74, 6) is -0.671. The molecule has 0 fully saturated rings. The van der Waals surface area contributed by atoms with Gasteiger partial charge in [0.2, 0.25) is 0 Å². The molecule has 0 heterocycles. The molecule has 0 bridgehead atoms. The van der Waals surface area contributed by atoms with Crippen LogP contribution in [-0.2, 0) is 4.79 Å². The van der Waals surface area contributed by atoms with Gasteiger partial charge in [0.1, 0.15) is 0 Å². The number of rotatable bonds is 14. The quantitative estimate of drug-likeness (QED) is 0.274. The molecule has 0 atom stereocenters. The van der Waals surface area contributed by atoms with E-state index >= 15 is 0 Å². The van der Waals surface area contributed by atoms with Gasteiger partial charge >= 0.3 is 5.97 Å². The summed E-state index contributed by atoms with van der Waals surface area (Å²) in [7, 11) is 0. The lowest BCUT2D eigenvalue weighted by Crippen LogP contribution is -1.93. The van der Waals surface area contributed by atoms with Crippen LogP contribution in [0.15, 0.2) is 37.0 Å². The topological polar surface area (TPSA) is 37.3 Å². The molecule has 0 aliphatic rings. The fourth-order valence-electron chi connectivity index (χ4n) is 2.09. The van der Waals surface area contributed by atoms with Gasteiger partial charge in [0.05, 0.1) is 0 Å². The smallest absolute Gasteiger partial charge is 0.303 e. The highest BCUT2D eigenvalue weighted by Crippen LogP contribution is 2.08. The Bertz CT molecular complexity index is 303. The molecule has 2 nitrogen and oxygen atoms in total. The number of carboxylic acid groups (broad SMARTS) is 1. The average molecular weight is 323 g/mol. The molecule has 0 aromatic heterocycles. The fraction of sp³-hybridized carbons (Fsp3) is 0.667. The molecular formula is C21H38O2. The standard InChI is InChI=1S/C18H32O2.C3H6/c1-2-3-4-5-6-7-8-9-10-11-12-13-14-15-16-17-18(19)20;1-3-2/h6-7,9-10H,2-5,8,11-17H2,1H3,(H,19,20);3H,1H2,2H3/b7-6-,10-9-;. The summed E-state index contributed by atoms with van der Waals surface area (Å²) in [4.78, 5) is 10.3. The third kappa shape index (κ3) is 29.4. The van der Waals surface area contributed by atoms with Crippen LogP contribution >= 0.6 is 0 Å². The van der Waals surface area contributed by atoms with E-state index in [-0.39, 0.29) is 0 Å². The van der Waals surface area contributed by atoms with Gasteiger partial charge in [-0.05, 0) is 45.4 Å². The highest BCUT2D eigenvalue weighted by atomic mass is 16.4. The van der Waals surface area contributed by atoms with E-state index in [4.69, 9.17) is 5.11 Å². The molecule has 2 heteroatoms. The van der Waals surface area contributed by atoms with E-state index in [1.807, 2.05) is 6.92 Å². The SMILES string of the molecule is C=CC.CCCCC/C=C\C/C=C\CCCCCCCC(=O)O. The highest BCUT2D eigenvalue weighted by Gasteiger charge is 1.95. The maximum Gasteiger partial charge on any atom is 0.303 e. The van der Waals surface area contributed by atoms with Crippen LogP contribution in [0.3, 0.4) is 0 Å². The van der Waals surface area contributed by atoms with Crippen molar-refractivity contribution >= 4 is 5.97 Å². The monoisotopic (exact) mass is 322 g/mol. The zero-order valence-corrected chi connectivity index (χ0v) is 15.4. The first-order valence-corrected chi connectivity index (χ1v) is 9.27. The number of hydrogen-bond donors (Lipinski definition) is 1. The van der Waals surface area contributed by atoms with E-state index in [2.05, 4.69) is 37.8 Å². The Morgan fingerprint density at radius 1 is 0.870 bits per heavy atom. The maximum absolute atomic E-state index is 10.3. The van der Waals surface area contributed by atoms with E-state index in [1.165, 1.54) is 44.9 Å². The first-order valence-electron chi connectivity index (χ1n) is 9.27. The van der Waals surface area contributed by atoms with Crippen LogP contribution in [0.1, 0.15) is 90.9 Å². The summed E-state index contributed by atoms with van der Waals surface area (Å²) in [6.07, 6.45) is 24.0. The van der Waals surface area contributed by atoms with Gasteiger partial charge in [0.15, 0.2) is 0 Å². The van der Waals surface area contributed by atoms with Gasteiger partial charge in [-0.3, -0.25) is 4.79 Å². The van der Waals surface area contributed by atoms with Crippen molar-refractivity contribution in [1.82, 2.24) is 0 Å². The zero-order chi connectivity index (χ0) is 17.6. The predicted octanol–water partition coefficient (Wildman–Crippen LogP) is 7.08. The van der Waals surface area contributed by atoms with Crippen LogP contribution in [0.2, 0.25) is 0 Å². The Kier molecular flexibility index (Phi) is 23.9. The Morgan fingerprint density at radius 3 is 1.87 bits per heavy atom. The summed E-state index contributed by atoms with van der Waals surface area (Å²) < 4.78 is 0. The molecule has 0 aromatic rings. The van der Waals surface area contributed by atoms with Crippen molar-refractivity contribution in [3.63, 3.8) is 0 Å². The molecule has 1 N–H and O–H groups in total. The van der Waals surface area contributed by atoms with Gasteiger partial charge < -0.3 is 5.11 Å². The number of aliphatic carboxylic acids is 1. The number of carboxylic acids is 1. The van der Waals surface area contributed by atoms with E-state index in [9.17, 15) is 4.79 Å². The lowest BCUT2D eigenvalue weighted by molar-refractivity contribution is -0.137. The first-order chi connectivity index (χ1) is 11.2. The molecule has 0 rings (SSSR count). The minimum atomic E-state index is -0.671. The van der Waals surface area contributed by atoms with Crippen LogP contribution in [0.5, 0.6) is 0 Å². The van der Waals surface area contributed by atoms with Gasteiger partial charge in [0, 0.05) is 6.42 Å². The Morgan fingerprint density at radius 2 is 1.35 bits per heavy atom. The second-order valence-electron chi connectivity index (χ2n) is 5.78. The molecule has 23 heavy (non-hydrogen) atoms. The maximum atomic E-state index is 10.3. The average Bonchev–Trinajstić information content (AvgIpc) is 2.51. The van der Waals surface area contributed by atoms with E-state index < -0.39 is 5.97 Å². The zero-order valence-electron chi connectivity index (χ0n) is 15.4. The van der Waals surface area contributed by atoms with Crippen molar-refractivity contribution < 1.29 is 9.90 Å². The van der Waals surface area contributed by atoms with Crippen molar-refractivity contribution in [2.75, 3.05) is 0 Å². The Hall–Kier alpha value is -1.31. The van der Waals surface area contributed by atoms with Crippen molar-refractivity contribution in [2.24, 2.45) is 0 Å². The lowest BCUT2D eigenvalue weighted by atomic mass is 10.1. The molecule has 0 radical (unpaired) electrons. The molecule has 0 unspecified atom stereocenters. The normalized spacial score (nSPS) is 10.7. The first kappa shape index (κ1) is 23.9. The molecule has 0 saturated heterocycles. The molecule has 0 aromatic carbocycles. The highest BCUT2D eigenvalue weighted by molar-refractivity contribution is 5.66. The van der Waals surface area contributed by atoms with Crippen LogP contribution in [0.4, 0.5) is 0 Å². The van der Waals surface area contributed by atoms with Crippen LogP contribution in [-0.4, -0.2) is 11.1 Å². The number of allylic oxidation sites excluding steroid dienone is 5. The van der Waals surface area contributed by atoms with E-state index in [0.717, 1.165) is 25.7 Å². The van der Waals surface area contributed by atoms with Gasteiger partial charge in [-0.25, -0.2) is 0 Å². The number of carbonyl (C=O) groups is 1. The summed E-state index contributed by atoms with van der Waals surface area (Å²) in [6, 6.07) is 0. The summed E-state index contributed by atoms with van der Waals surface area (Å²) in [5, 5.41) is 8.50. The molecule has 0 saturated carbocycles.